The average molecular weight is 288 g/mol. The molecule has 0 aliphatic heterocycles. The number of aryl methyl sites for hydroxylation is 2. The molecule has 0 saturated heterocycles. The topological polar surface area (TPSA) is 26.3 Å². The second-order valence-electron chi connectivity index (χ2n) is 6.85. The number of hydrogen-bond donors (Lipinski definition) is 0. The van der Waals surface area contributed by atoms with Crippen LogP contribution in [0.2, 0.25) is 0 Å². The first-order valence-corrected chi connectivity index (χ1v) is 8.15. The van der Waals surface area contributed by atoms with E-state index < -0.39 is 0 Å². The number of hydrogen-bond acceptors (Lipinski definition) is 2. The van der Waals surface area contributed by atoms with Gasteiger partial charge in [0.1, 0.15) is 6.10 Å². The Labute approximate surface area is 128 Å². The molecule has 116 valence electrons. The summed E-state index contributed by atoms with van der Waals surface area (Å²) < 4.78 is 6.07. The maximum absolute atomic E-state index is 12.6. The van der Waals surface area contributed by atoms with Crippen molar-refractivity contribution < 1.29 is 9.53 Å². The molecular weight excluding hydrogens is 260 g/mol. The highest BCUT2D eigenvalue weighted by molar-refractivity contribution is 6.00. The van der Waals surface area contributed by atoms with Gasteiger partial charge in [-0.25, -0.2) is 0 Å². The summed E-state index contributed by atoms with van der Waals surface area (Å²) in [6.07, 6.45) is 3.24. The van der Waals surface area contributed by atoms with Crippen LogP contribution in [0.15, 0.2) is 18.2 Å². The van der Waals surface area contributed by atoms with E-state index in [0.29, 0.717) is 5.92 Å². The van der Waals surface area contributed by atoms with Crippen LogP contribution >= 0.6 is 0 Å². The number of ether oxygens (including phenoxy) is 1. The fourth-order valence-corrected chi connectivity index (χ4v) is 3.19. The van der Waals surface area contributed by atoms with Gasteiger partial charge in [-0.2, -0.15) is 0 Å². The number of ketones is 1. The molecule has 2 nitrogen and oxygen atoms in total. The number of benzene rings is 1. The van der Waals surface area contributed by atoms with Gasteiger partial charge in [0.25, 0.3) is 0 Å². The first-order valence-electron chi connectivity index (χ1n) is 8.15. The molecule has 0 aromatic heterocycles. The summed E-state index contributed by atoms with van der Waals surface area (Å²) in [6.45, 7) is 10.5. The lowest BCUT2D eigenvalue weighted by Gasteiger charge is -2.33. The summed E-state index contributed by atoms with van der Waals surface area (Å²) in [7, 11) is 0. The Hall–Kier alpha value is -1.15. The highest BCUT2D eigenvalue weighted by Crippen LogP contribution is 2.31. The zero-order chi connectivity index (χ0) is 15.6. The zero-order valence-corrected chi connectivity index (χ0v) is 14.0. The van der Waals surface area contributed by atoms with Gasteiger partial charge in [-0.1, -0.05) is 31.5 Å². The van der Waals surface area contributed by atoms with Crippen molar-refractivity contribution in [3.63, 3.8) is 0 Å². The quantitative estimate of drug-likeness (QED) is 0.750. The van der Waals surface area contributed by atoms with Crippen molar-refractivity contribution in [1.82, 2.24) is 0 Å². The van der Waals surface area contributed by atoms with Crippen molar-refractivity contribution in [3.8, 4) is 0 Å². The molecule has 0 radical (unpaired) electrons. The van der Waals surface area contributed by atoms with E-state index in [4.69, 9.17) is 4.74 Å². The van der Waals surface area contributed by atoms with Gasteiger partial charge in [0.15, 0.2) is 5.78 Å². The van der Waals surface area contributed by atoms with E-state index in [9.17, 15) is 4.79 Å². The van der Waals surface area contributed by atoms with Crippen LogP contribution < -0.4 is 0 Å². The molecule has 4 unspecified atom stereocenters. The lowest BCUT2D eigenvalue weighted by molar-refractivity contribution is -0.0288. The van der Waals surface area contributed by atoms with Crippen LogP contribution in [-0.4, -0.2) is 18.0 Å². The first-order chi connectivity index (χ1) is 9.88. The maximum atomic E-state index is 12.6. The third kappa shape index (κ3) is 3.94. The monoisotopic (exact) mass is 288 g/mol. The van der Waals surface area contributed by atoms with E-state index in [0.717, 1.165) is 35.4 Å². The molecule has 0 spiro atoms. The van der Waals surface area contributed by atoms with Gasteiger partial charge in [0, 0.05) is 5.56 Å². The van der Waals surface area contributed by atoms with Crippen LogP contribution in [0, 0.1) is 25.7 Å². The molecule has 2 heteroatoms. The Bertz CT molecular complexity index is 506. The van der Waals surface area contributed by atoms with Gasteiger partial charge in [-0.15, -0.1) is 0 Å². The Morgan fingerprint density at radius 3 is 2.57 bits per heavy atom. The molecule has 1 aliphatic rings. The predicted octanol–water partition coefficient (Wildman–Crippen LogP) is 4.72. The molecule has 1 saturated carbocycles. The number of rotatable bonds is 4. The predicted molar refractivity (Wildman–Crippen MR) is 86.8 cm³/mol. The summed E-state index contributed by atoms with van der Waals surface area (Å²) in [5.74, 6) is 1.57. The van der Waals surface area contributed by atoms with Crippen LogP contribution in [0.25, 0.3) is 0 Å². The zero-order valence-electron chi connectivity index (χ0n) is 14.0. The van der Waals surface area contributed by atoms with E-state index in [-0.39, 0.29) is 18.0 Å². The fraction of sp³-hybridized carbons (Fsp3) is 0.632. The van der Waals surface area contributed by atoms with Crippen molar-refractivity contribution in [2.45, 2.75) is 66.1 Å². The first kappa shape index (κ1) is 16.2. The molecule has 0 bridgehead atoms. The smallest absolute Gasteiger partial charge is 0.191 e. The number of carbonyl (C=O) groups is 1. The lowest BCUT2D eigenvalue weighted by Crippen LogP contribution is -2.32. The van der Waals surface area contributed by atoms with E-state index in [1.54, 1.807) is 0 Å². The molecule has 1 fully saturated rings. The third-order valence-corrected chi connectivity index (χ3v) is 4.97. The van der Waals surface area contributed by atoms with Crippen LogP contribution in [0.5, 0.6) is 0 Å². The number of carbonyl (C=O) groups excluding carboxylic acids is 1. The Balaban J connectivity index is 2.01. The largest absolute Gasteiger partial charge is 0.367 e. The van der Waals surface area contributed by atoms with E-state index >= 15 is 0 Å². The van der Waals surface area contributed by atoms with Crippen molar-refractivity contribution >= 4 is 5.78 Å². The van der Waals surface area contributed by atoms with Crippen LogP contribution in [0.3, 0.4) is 0 Å². The van der Waals surface area contributed by atoms with Gasteiger partial charge >= 0.3 is 0 Å². The third-order valence-electron chi connectivity index (χ3n) is 4.97. The Kier molecular flexibility index (Phi) is 5.21. The standard InChI is InChI=1S/C19H28O2/c1-12-6-7-14(3)18(10-12)19(20)16(5)21-17-9-8-13(2)15(4)11-17/h6-7,10,13,15-17H,8-9,11H2,1-5H3. The van der Waals surface area contributed by atoms with E-state index in [2.05, 4.69) is 13.8 Å². The molecule has 0 N–H and O–H groups in total. The van der Waals surface area contributed by atoms with Crippen molar-refractivity contribution in [1.29, 1.82) is 0 Å². The van der Waals surface area contributed by atoms with Gasteiger partial charge in [-0.05, 0) is 63.5 Å². The summed E-state index contributed by atoms with van der Waals surface area (Å²) >= 11 is 0. The van der Waals surface area contributed by atoms with Crippen LogP contribution in [0.4, 0.5) is 0 Å². The molecule has 1 aromatic carbocycles. The summed E-state index contributed by atoms with van der Waals surface area (Å²) in [5, 5.41) is 0. The molecular formula is C19H28O2. The number of Topliss-reactive ketones (excluding diaryl/α,β-unsaturated/α-hetero) is 1. The normalized spacial score (nSPS) is 27.4. The second-order valence-corrected chi connectivity index (χ2v) is 6.85. The van der Waals surface area contributed by atoms with Gasteiger partial charge < -0.3 is 4.74 Å². The summed E-state index contributed by atoms with van der Waals surface area (Å²) in [4.78, 5) is 12.6. The minimum absolute atomic E-state index is 0.113. The second kappa shape index (κ2) is 6.74. The Morgan fingerprint density at radius 1 is 1.19 bits per heavy atom. The van der Waals surface area contributed by atoms with Crippen molar-refractivity contribution in [2.75, 3.05) is 0 Å². The molecule has 21 heavy (non-hydrogen) atoms. The minimum Gasteiger partial charge on any atom is -0.367 e. The highest BCUT2D eigenvalue weighted by Gasteiger charge is 2.28. The Morgan fingerprint density at radius 2 is 1.90 bits per heavy atom. The van der Waals surface area contributed by atoms with Crippen molar-refractivity contribution in [3.05, 3.63) is 34.9 Å². The summed E-state index contributed by atoms with van der Waals surface area (Å²) in [5.41, 5.74) is 2.96. The SMILES string of the molecule is Cc1ccc(C)c(C(=O)C(C)OC2CCC(C)C(C)C2)c1. The molecule has 2 rings (SSSR count). The van der Waals surface area contributed by atoms with Crippen LogP contribution in [-0.2, 0) is 4.74 Å². The summed E-state index contributed by atoms with van der Waals surface area (Å²) in [6, 6.07) is 6.03. The van der Waals surface area contributed by atoms with E-state index in [1.807, 2.05) is 39.0 Å². The van der Waals surface area contributed by atoms with Gasteiger partial charge in [0.05, 0.1) is 6.10 Å². The van der Waals surface area contributed by atoms with Gasteiger partial charge in [-0.3, -0.25) is 4.79 Å². The van der Waals surface area contributed by atoms with Gasteiger partial charge in [0.2, 0.25) is 0 Å². The molecule has 1 aromatic rings. The van der Waals surface area contributed by atoms with E-state index in [1.165, 1.54) is 6.42 Å². The lowest BCUT2D eigenvalue weighted by atomic mass is 9.80. The fourth-order valence-electron chi connectivity index (χ4n) is 3.19. The minimum atomic E-state index is -0.351. The maximum Gasteiger partial charge on any atom is 0.191 e. The molecule has 0 amide bonds. The molecule has 0 heterocycles. The van der Waals surface area contributed by atoms with Crippen molar-refractivity contribution in [2.24, 2.45) is 11.8 Å². The average Bonchev–Trinajstić information content (AvgIpc) is 2.44. The highest BCUT2D eigenvalue weighted by atomic mass is 16.5. The van der Waals surface area contributed by atoms with Crippen LogP contribution in [0.1, 0.15) is 61.5 Å². The molecule has 1 aliphatic carbocycles. The molecule has 4 atom stereocenters.